The van der Waals surface area contributed by atoms with Gasteiger partial charge in [0.2, 0.25) is 5.91 Å². The smallest absolute Gasteiger partial charge is 0.233 e. The number of nitrogens with one attached hydrogen (secondary N) is 1. The van der Waals surface area contributed by atoms with E-state index in [-0.39, 0.29) is 22.6 Å². The summed E-state index contributed by atoms with van der Waals surface area (Å²) < 4.78 is 13.3. The lowest BCUT2D eigenvalue weighted by atomic mass is 10.1. The molecule has 0 bridgehead atoms. The third kappa shape index (κ3) is 3.30. The van der Waals surface area contributed by atoms with Crippen molar-refractivity contribution in [2.75, 3.05) is 0 Å². The van der Waals surface area contributed by atoms with Crippen LogP contribution in [0.25, 0.3) is 0 Å². The molecule has 1 aromatic rings. The number of carbonyl (C=O) groups is 1. The maximum Gasteiger partial charge on any atom is 0.233 e. The van der Waals surface area contributed by atoms with Gasteiger partial charge in [-0.2, -0.15) is 0 Å². The third-order valence-corrected chi connectivity index (χ3v) is 2.83. The zero-order valence-electron chi connectivity index (χ0n) is 9.55. The SMILES string of the molecule is Cc1ccc(C(C)NC(=O)C(C)Br)cc1F. The lowest BCUT2D eigenvalue weighted by Gasteiger charge is -2.15. The summed E-state index contributed by atoms with van der Waals surface area (Å²) >= 11 is 3.18. The van der Waals surface area contributed by atoms with Gasteiger partial charge in [-0.15, -0.1) is 0 Å². The average molecular weight is 288 g/mol. The highest BCUT2D eigenvalue weighted by Crippen LogP contribution is 2.16. The molecule has 0 aliphatic rings. The number of alkyl halides is 1. The number of hydrogen-bond donors (Lipinski definition) is 1. The Balaban J connectivity index is 2.77. The molecule has 2 nitrogen and oxygen atoms in total. The van der Waals surface area contributed by atoms with Crippen LogP contribution in [-0.2, 0) is 4.79 Å². The molecule has 0 aliphatic carbocycles. The van der Waals surface area contributed by atoms with Gasteiger partial charge < -0.3 is 5.32 Å². The number of hydrogen-bond acceptors (Lipinski definition) is 1. The number of halogens is 2. The van der Waals surface area contributed by atoms with Gasteiger partial charge in [-0.1, -0.05) is 28.1 Å². The van der Waals surface area contributed by atoms with Gasteiger partial charge in [0, 0.05) is 0 Å². The monoisotopic (exact) mass is 287 g/mol. The molecule has 2 atom stereocenters. The van der Waals surface area contributed by atoms with Crippen molar-refractivity contribution in [1.29, 1.82) is 0 Å². The van der Waals surface area contributed by atoms with E-state index < -0.39 is 0 Å². The first-order valence-corrected chi connectivity index (χ1v) is 6.04. The number of amides is 1. The van der Waals surface area contributed by atoms with E-state index in [4.69, 9.17) is 0 Å². The van der Waals surface area contributed by atoms with Crippen molar-refractivity contribution in [3.8, 4) is 0 Å². The minimum atomic E-state index is -0.245. The Hall–Kier alpha value is -0.900. The van der Waals surface area contributed by atoms with E-state index in [0.29, 0.717) is 5.56 Å². The predicted molar refractivity (Wildman–Crippen MR) is 66.1 cm³/mol. The molecule has 1 amide bonds. The minimum absolute atomic E-state index is 0.103. The molecule has 4 heteroatoms. The van der Waals surface area contributed by atoms with E-state index >= 15 is 0 Å². The second kappa shape index (κ2) is 5.43. The molecule has 88 valence electrons. The quantitative estimate of drug-likeness (QED) is 0.851. The average Bonchev–Trinajstić information content (AvgIpc) is 2.21. The Morgan fingerprint density at radius 3 is 2.56 bits per heavy atom. The molecular formula is C12H15BrFNO. The minimum Gasteiger partial charge on any atom is -0.349 e. The van der Waals surface area contributed by atoms with E-state index in [9.17, 15) is 9.18 Å². The van der Waals surface area contributed by atoms with Crippen molar-refractivity contribution in [3.05, 3.63) is 35.1 Å². The Bertz CT molecular complexity index is 393. The zero-order chi connectivity index (χ0) is 12.3. The van der Waals surface area contributed by atoms with Gasteiger partial charge in [0.15, 0.2) is 0 Å². The van der Waals surface area contributed by atoms with Gasteiger partial charge in [-0.25, -0.2) is 4.39 Å². The molecule has 1 rings (SSSR count). The van der Waals surface area contributed by atoms with Gasteiger partial charge in [-0.3, -0.25) is 4.79 Å². The van der Waals surface area contributed by atoms with Crippen molar-refractivity contribution >= 4 is 21.8 Å². The van der Waals surface area contributed by atoms with E-state index in [1.165, 1.54) is 6.07 Å². The van der Waals surface area contributed by atoms with Crippen molar-refractivity contribution in [2.24, 2.45) is 0 Å². The van der Waals surface area contributed by atoms with Crippen LogP contribution in [0.5, 0.6) is 0 Å². The van der Waals surface area contributed by atoms with Crippen LogP contribution in [0.4, 0.5) is 4.39 Å². The lowest BCUT2D eigenvalue weighted by Crippen LogP contribution is -2.31. The lowest BCUT2D eigenvalue weighted by molar-refractivity contribution is -0.120. The van der Waals surface area contributed by atoms with Crippen LogP contribution in [0.3, 0.4) is 0 Å². The summed E-state index contributed by atoms with van der Waals surface area (Å²) in [5.74, 6) is -0.348. The molecule has 0 fully saturated rings. The molecule has 16 heavy (non-hydrogen) atoms. The summed E-state index contributed by atoms with van der Waals surface area (Å²) in [6.45, 7) is 5.29. The molecule has 2 unspecified atom stereocenters. The Morgan fingerprint density at radius 2 is 2.06 bits per heavy atom. The fraction of sp³-hybridized carbons (Fsp3) is 0.417. The molecule has 0 saturated heterocycles. The number of carbonyl (C=O) groups excluding carboxylic acids is 1. The van der Waals surface area contributed by atoms with Gasteiger partial charge in [0.25, 0.3) is 0 Å². The fourth-order valence-electron chi connectivity index (χ4n) is 1.29. The zero-order valence-corrected chi connectivity index (χ0v) is 11.1. The van der Waals surface area contributed by atoms with Crippen molar-refractivity contribution in [1.82, 2.24) is 5.32 Å². The van der Waals surface area contributed by atoms with Gasteiger partial charge in [-0.05, 0) is 38.0 Å². The van der Waals surface area contributed by atoms with Crippen molar-refractivity contribution in [2.45, 2.75) is 31.6 Å². The van der Waals surface area contributed by atoms with E-state index in [1.807, 2.05) is 13.0 Å². The number of rotatable bonds is 3. The maximum atomic E-state index is 13.3. The maximum absolute atomic E-state index is 13.3. The van der Waals surface area contributed by atoms with Crippen LogP contribution in [0.15, 0.2) is 18.2 Å². The van der Waals surface area contributed by atoms with Crippen LogP contribution in [-0.4, -0.2) is 10.7 Å². The summed E-state index contributed by atoms with van der Waals surface area (Å²) in [6, 6.07) is 4.80. The highest BCUT2D eigenvalue weighted by molar-refractivity contribution is 9.10. The second-order valence-corrected chi connectivity index (χ2v) is 5.23. The number of aryl methyl sites for hydroxylation is 1. The summed E-state index contributed by atoms with van der Waals surface area (Å²) in [5, 5.41) is 2.79. The normalized spacial score (nSPS) is 14.3. The Kier molecular flexibility index (Phi) is 4.47. The van der Waals surface area contributed by atoms with E-state index in [2.05, 4.69) is 21.2 Å². The molecule has 0 aromatic heterocycles. The van der Waals surface area contributed by atoms with Gasteiger partial charge in [0.1, 0.15) is 5.82 Å². The molecule has 0 radical (unpaired) electrons. The predicted octanol–water partition coefficient (Wildman–Crippen LogP) is 3.09. The summed E-state index contributed by atoms with van der Waals surface area (Å²) in [4.78, 5) is 11.2. The summed E-state index contributed by atoms with van der Waals surface area (Å²) in [6.07, 6.45) is 0. The van der Waals surface area contributed by atoms with Gasteiger partial charge >= 0.3 is 0 Å². The van der Waals surface area contributed by atoms with Crippen LogP contribution >= 0.6 is 15.9 Å². The van der Waals surface area contributed by atoms with Crippen LogP contribution < -0.4 is 5.32 Å². The van der Waals surface area contributed by atoms with Crippen LogP contribution in [0.2, 0.25) is 0 Å². The van der Waals surface area contributed by atoms with Crippen molar-refractivity contribution < 1.29 is 9.18 Å². The highest BCUT2D eigenvalue weighted by Gasteiger charge is 2.14. The standard InChI is InChI=1S/C12H15BrFNO/c1-7-4-5-10(6-11(7)14)9(3)15-12(16)8(2)13/h4-6,8-9H,1-3H3,(H,15,16). The summed E-state index contributed by atoms with van der Waals surface area (Å²) in [7, 11) is 0. The topological polar surface area (TPSA) is 29.1 Å². The Labute approximate surface area is 103 Å². The molecule has 0 heterocycles. The highest BCUT2D eigenvalue weighted by atomic mass is 79.9. The molecule has 0 aliphatic heterocycles. The van der Waals surface area contributed by atoms with Crippen LogP contribution in [0.1, 0.15) is 31.0 Å². The van der Waals surface area contributed by atoms with Gasteiger partial charge in [0.05, 0.1) is 10.9 Å². The van der Waals surface area contributed by atoms with Crippen molar-refractivity contribution in [3.63, 3.8) is 0 Å². The first-order chi connectivity index (χ1) is 7.41. The summed E-state index contributed by atoms with van der Waals surface area (Å²) in [5.41, 5.74) is 1.38. The largest absolute Gasteiger partial charge is 0.349 e. The van der Waals surface area contributed by atoms with Crippen LogP contribution in [0, 0.1) is 12.7 Å². The molecule has 1 aromatic carbocycles. The van der Waals surface area contributed by atoms with E-state index in [0.717, 1.165) is 5.56 Å². The fourth-order valence-corrected chi connectivity index (χ4v) is 1.42. The molecule has 0 saturated carbocycles. The second-order valence-electron chi connectivity index (χ2n) is 3.85. The Morgan fingerprint density at radius 1 is 1.44 bits per heavy atom. The number of benzene rings is 1. The first-order valence-electron chi connectivity index (χ1n) is 5.12. The first kappa shape index (κ1) is 13.2. The third-order valence-electron chi connectivity index (χ3n) is 2.42. The molecule has 0 spiro atoms. The molecule has 1 N–H and O–H groups in total. The van der Waals surface area contributed by atoms with E-state index in [1.54, 1.807) is 19.9 Å². The molecular weight excluding hydrogens is 273 g/mol.